The molecule has 3 rings (SSSR count). The molecule has 1 aromatic carbocycles. The van der Waals surface area contributed by atoms with Crippen LogP contribution in [-0.4, -0.2) is 48.4 Å². The standard InChI is InChI=1S/C19H29N3O/c1-15-5-2-3-6-17(15)14-21-9-11-22(12-10-21)19(23)18-8-4-7-16(18)13-20/h2-3,5-6,16,18H,4,7-14,20H2,1H3/t16-,18-/m1/s1. The summed E-state index contributed by atoms with van der Waals surface area (Å²) in [6.45, 7) is 7.48. The summed E-state index contributed by atoms with van der Waals surface area (Å²) < 4.78 is 0. The molecule has 0 unspecified atom stereocenters. The molecular formula is C19H29N3O. The quantitative estimate of drug-likeness (QED) is 0.925. The molecule has 1 amide bonds. The molecule has 0 spiro atoms. The van der Waals surface area contributed by atoms with Crippen LogP contribution in [0, 0.1) is 18.8 Å². The summed E-state index contributed by atoms with van der Waals surface area (Å²) in [7, 11) is 0. The zero-order chi connectivity index (χ0) is 16.2. The normalized spacial score (nSPS) is 25.7. The number of hydrogen-bond donors (Lipinski definition) is 1. The molecule has 1 aliphatic heterocycles. The second-order valence-corrected chi connectivity index (χ2v) is 7.06. The fourth-order valence-corrected chi connectivity index (χ4v) is 4.03. The fourth-order valence-electron chi connectivity index (χ4n) is 4.03. The summed E-state index contributed by atoms with van der Waals surface area (Å²) in [5.74, 6) is 0.948. The van der Waals surface area contributed by atoms with Crippen molar-refractivity contribution >= 4 is 5.91 Å². The van der Waals surface area contributed by atoms with Crippen molar-refractivity contribution in [2.75, 3.05) is 32.7 Å². The van der Waals surface area contributed by atoms with Crippen LogP contribution >= 0.6 is 0 Å². The summed E-state index contributed by atoms with van der Waals surface area (Å²) in [6, 6.07) is 8.57. The molecule has 4 heteroatoms. The van der Waals surface area contributed by atoms with E-state index in [1.165, 1.54) is 11.1 Å². The maximum Gasteiger partial charge on any atom is 0.226 e. The highest BCUT2D eigenvalue weighted by molar-refractivity contribution is 5.79. The summed E-state index contributed by atoms with van der Waals surface area (Å²) in [5, 5.41) is 0. The first-order chi connectivity index (χ1) is 11.2. The SMILES string of the molecule is Cc1ccccc1CN1CCN(C(=O)[C@@H]2CCC[C@@H]2CN)CC1. The van der Waals surface area contributed by atoms with Crippen LogP contribution in [0.25, 0.3) is 0 Å². The van der Waals surface area contributed by atoms with Gasteiger partial charge in [-0.3, -0.25) is 9.69 Å². The number of nitrogens with two attached hydrogens (primary N) is 1. The van der Waals surface area contributed by atoms with Gasteiger partial charge in [0.05, 0.1) is 0 Å². The van der Waals surface area contributed by atoms with Crippen LogP contribution in [0.4, 0.5) is 0 Å². The van der Waals surface area contributed by atoms with Gasteiger partial charge in [0.2, 0.25) is 5.91 Å². The van der Waals surface area contributed by atoms with Crippen molar-refractivity contribution in [1.29, 1.82) is 0 Å². The molecule has 1 aliphatic carbocycles. The second-order valence-electron chi connectivity index (χ2n) is 7.06. The Balaban J connectivity index is 1.52. The highest BCUT2D eigenvalue weighted by atomic mass is 16.2. The Kier molecular flexibility index (Phi) is 5.34. The summed E-state index contributed by atoms with van der Waals surface area (Å²) in [4.78, 5) is 17.3. The number of carbonyl (C=O) groups excluding carboxylic acids is 1. The summed E-state index contributed by atoms with van der Waals surface area (Å²) in [6.07, 6.45) is 3.32. The first-order valence-corrected chi connectivity index (χ1v) is 8.94. The van der Waals surface area contributed by atoms with Crippen molar-refractivity contribution in [3.8, 4) is 0 Å². The molecule has 0 bridgehead atoms. The minimum absolute atomic E-state index is 0.183. The van der Waals surface area contributed by atoms with Gasteiger partial charge in [-0.15, -0.1) is 0 Å². The minimum Gasteiger partial charge on any atom is -0.340 e. The van der Waals surface area contributed by atoms with Gasteiger partial charge in [-0.05, 0) is 43.4 Å². The van der Waals surface area contributed by atoms with Crippen molar-refractivity contribution in [3.05, 3.63) is 35.4 Å². The average molecular weight is 315 g/mol. The third-order valence-corrected chi connectivity index (χ3v) is 5.62. The maximum atomic E-state index is 12.7. The van der Waals surface area contributed by atoms with Gasteiger partial charge in [0.25, 0.3) is 0 Å². The van der Waals surface area contributed by atoms with Gasteiger partial charge in [-0.2, -0.15) is 0 Å². The van der Waals surface area contributed by atoms with E-state index in [4.69, 9.17) is 5.73 Å². The highest BCUT2D eigenvalue weighted by Gasteiger charge is 2.35. The van der Waals surface area contributed by atoms with Crippen LogP contribution < -0.4 is 5.73 Å². The Morgan fingerprint density at radius 2 is 1.91 bits per heavy atom. The second kappa shape index (κ2) is 7.45. The van der Waals surface area contributed by atoms with Crippen LogP contribution in [0.1, 0.15) is 30.4 Å². The van der Waals surface area contributed by atoms with Crippen LogP contribution in [0.15, 0.2) is 24.3 Å². The molecule has 23 heavy (non-hydrogen) atoms. The molecule has 0 aromatic heterocycles. The number of nitrogens with zero attached hydrogens (tertiary/aromatic N) is 2. The Hall–Kier alpha value is -1.39. The zero-order valence-corrected chi connectivity index (χ0v) is 14.2. The van der Waals surface area contributed by atoms with Crippen LogP contribution in [0.2, 0.25) is 0 Å². The van der Waals surface area contributed by atoms with Crippen molar-refractivity contribution in [2.24, 2.45) is 17.6 Å². The molecule has 1 saturated carbocycles. The van der Waals surface area contributed by atoms with Crippen LogP contribution in [-0.2, 0) is 11.3 Å². The van der Waals surface area contributed by atoms with Crippen molar-refractivity contribution in [3.63, 3.8) is 0 Å². The molecule has 126 valence electrons. The number of amides is 1. The van der Waals surface area contributed by atoms with E-state index in [1.54, 1.807) is 0 Å². The predicted molar refractivity (Wildman–Crippen MR) is 92.9 cm³/mol. The smallest absolute Gasteiger partial charge is 0.226 e. The van der Waals surface area contributed by atoms with Gasteiger partial charge in [0, 0.05) is 38.6 Å². The molecule has 4 nitrogen and oxygen atoms in total. The lowest BCUT2D eigenvalue weighted by Gasteiger charge is -2.37. The molecule has 1 aromatic rings. The maximum absolute atomic E-state index is 12.7. The first kappa shape index (κ1) is 16.5. The topological polar surface area (TPSA) is 49.6 Å². The van der Waals surface area contributed by atoms with Gasteiger partial charge < -0.3 is 10.6 Å². The predicted octanol–water partition coefficient (Wildman–Crippen LogP) is 2.01. The number of rotatable bonds is 4. The third kappa shape index (κ3) is 3.75. The lowest BCUT2D eigenvalue weighted by Crippen LogP contribution is -2.50. The lowest BCUT2D eigenvalue weighted by molar-refractivity contribution is -0.138. The number of benzene rings is 1. The molecule has 1 saturated heterocycles. The van der Waals surface area contributed by atoms with Crippen molar-refractivity contribution < 1.29 is 4.79 Å². The van der Waals surface area contributed by atoms with Crippen molar-refractivity contribution in [2.45, 2.75) is 32.7 Å². The van der Waals surface area contributed by atoms with Crippen LogP contribution in [0.5, 0.6) is 0 Å². The van der Waals surface area contributed by atoms with Gasteiger partial charge in [-0.25, -0.2) is 0 Å². The third-order valence-electron chi connectivity index (χ3n) is 5.62. The van der Waals surface area contributed by atoms with E-state index in [9.17, 15) is 4.79 Å². The molecule has 2 atom stereocenters. The number of piperazine rings is 1. The lowest BCUT2D eigenvalue weighted by atomic mass is 9.94. The monoisotopic (exact) mass is 315 g/mol. The molecule has 2 fully saturated rings. The Bertz CT molecular complexity index is 537. The zero-order valence-electron chi connectivity index (χ0n) is 14.2. The molecule has 1 heterocycles. The van der Waals surface area contributed by atoms with Crippen LogP contribution in [0.3, 0.4) is 0 Å². The van der Waals surface area contributed by atoms with E-state index in [-0.39, 0.29) is 5.92 Å². The van der Waals surface area contributed by atoms with Gasteiger partial charge in [-0.1, -0.05) is 30.7 Å². The van der Waals surface area contributed by atoms with Gasteiger partial charge in [0.1, 0.15) is 0 Å². The summed E-state index contributed by atoms with van der Waals surface area (Å²) >= 11 is 0. The molecule has 0 radical (unpaired) electrons. The van der Waals surface area contributed by atoms with E-state index in [2.05, 4.69) is 41.0 Å². The van der Waals surface area contributed by atoms with Gasteiger partial charge in [0.15, 0.2) is 0 Å². The number of carbonyl (C=O) groups is 1. The van der Waals surface area contributed by atoms with E-state index in [1.807, 2.05) is 0 Å². The Labute approximate surface area is 139 Å². The number of aryl methyl sites for hydroxylation is 1. The first-order valence-electron chi connectivity index (χ1n) is 8.94. The fraction of sp³-hybridized carbons (Fsp3) is 0.632. The van der Waals surface area contributed by atoms with E-state index < -0.39 is 0 Å². The molecule has 2 N–H and O–H groups in total. The van der Waals surface area contributed by atoms with E-state index >= 15 is 0 Å². The average Bonchev–Trinajstić information content (AvgIpc) is 3.05. The van der Waals surface area contributed by atoms with Gasteiger partial charge >= 0.3 is 0 Å². The van der Waals surface area contributed by atoms with Crippen molar-refractivity contribution in [1.82, 2.24) is 9.80 Å². The largest absolute Gasteiger partial charge is 0.340 e. The highest BCUT2D eigenvalue weighted by Crippen LogP contribution is 2.32. The summed E-state index contributed by atoms with van der Waals surface area (Å²) in [5.41, 5.74) is 8.58. The minimum atomic E-state index is 0.183. The van der Waals surface area contributed by atoms with E-state index in [0.717, 1.165) is 52.0 Å². The molecular weight excluding hydrogens is 286 g/mol. The van der Waals surface area contributed by atoms with E-state index in [0.29, 0.717) is 18.4 Å². The molecule has 2 aliphatic rings. The Morgan fingerprint density at radius 3 is 2.61 bits per heavy atom. The Morgan fingerprint density at radius 1 is 1.17 bits per heavy atom. The number of hydrogen-bond acceptors (Lipinski definition) is 3.